The predicted octanol–water partition coefficient (Wildman–Crippen LogP) is 2.07. The van der Waals surface area contributed by atoms with Crippen molar-refractivity contribution in [3.05, 3.63) is 12.2 Å². The van der Waals surface area contributed by atoms with Crippen molar-refractivity contribution < 1.29 is 4.79 Å². The summed E-state index contributed by atoms with van der Waals surface area (Å²) in [6.45, 7) is 11.5. The molecule has 1 amide bonds. The Labute approximate surface area is 80.6 Å². The van der Waals surface area contributed by atoms with E-state index >= 15 is 0 Å². The van der Waals surface area contributed by atoms with Gasteiger partial charge in [-0.05, 0) is 26.2 Å². The van der Waals surface area contributed by atoms with Crippen molar-refractivity contribution in [2.75, 3.05) is 13.1 Å². The lowest BCUT2D eigenvalue weighted by atomic mass is 10.2. The third-order valence-electron chi connectivity index (χ3n) is 2.58. The van der Waals surface area contributed by atoms with E-state index in [2.05, 4.69) is 13.5 Å². The van der Waals surface area contributed by atoms with E-state index in [9.17, 15) is 4.79 Å². The average Bonchev–Trinajstić information content (AvgIpc) is 2.77. The number of carbonyl (C=O) groups is 1. The van der Waals surface area contributed by atoms with Crippen molar-refractivity contribution in [2.45, 2.75) is 27.2 Å². The molecule has 74 valence electrons. The van der Waals surface area contributed by atoms with Crippen LogP contribution in [0.4, 0.5) is 0 Å². The van der Waals surface area contributed by atoms with Crippen LogP contribution in [0.5, 0.6) is 0 Å². The van der Waals surface area contributed by atoms with Gasteiger partial charge in [-0.1, -0.05) is 19.1 Å². The van der Waals surface area contributed by atoms with Gasteiger partial charge in [0.05, 0.1) is 0 Å². The maximum atomic E-state index is 11.8. The molecule has 13 heavy (non-hydrogen) atoms. The molecule has 1 aliphatic rings. The molecule has 0 heterocycles. The number of rotatable bonds is 4. The van der Waals surface area contributed by atoms with E-state index in [1.807, 2.05) is 18.7 Å². The molecular weight excluding hydrogens is 162 g/mol. The molecule has 1 rings (SSSR count). The highest BCUT2D eigenvalue weighted by Gasteiger charge is 2.40. The molecule has 0 aromatic rings. The second-order valence-electron chi connectivity index (χ2n) is 4.13. The van der Waals surface area contributed by atoms with Gasteiger partial charge in [-0.2, -0.15) is 0 Å². The summed E-state index contributed by atoms with van der Waals surface area (Å²) >= 11 is 0. The van der Waals surface area contributed by atoms with Gasteiger partial charge in [-0.3, -0.25) is 4.79 Å². The van der Waals surface area contributed by atoms with Crippen LogP contribution in [-0.4, -0.2) is 23.9 Å². The van der Waals surface area contributed by atoms with Crippen LogP contribution in [0.2, 0.25) is 0 Å². The van der Waals surface area contributed by atoms with Gasteiger partial charge in [0, 0.05) is 19.0 Å². The van der Waals surface area contributed by atoms with Crippen molar-refractivity contribution in [3.63, 3.8) is 0 Å². The van der Waals surface area contributed by atoms with E-state index < -0.39 is 0 Å². The van der Waals surface area contributed by atoms with Crippen LogP contribution in [0, 0.1) is 11.8 Å². The van der Waals surface area contributed by atoms with Crippen LogP contribution >= 0.6 is 0 Å². The highest BCUT2D eigenvalue weighted by atomic mass is 16.2. The minimum atomic E-state index is 0.305. The van der Waals surface area contributed by atoms with Crippen LogP contribution in [0.1, 0.15) is 27.2 Å². The maximum Gasteiger partial charge on any atom is 0.226 e. The Morgan fingerprint density at radius 2 is 2.15 bits per heavy atom. The Hall–Kier alpha value is -0.790. The number of carbonyl (C=O) groups excluding carboxylic acids is 1. The summed E-state index contributed by atoms with van der Waals surface area (Å²) in [5.41, 5.74) is 1.06. The molecule has 0 bridgehead atoms. The van der Waals surface area contributed by atoms with E-state index in [4.69, 9.17) is 0 Å². The molecule has 0 saturated heterocycles. The molecule has 1 aliphatic carbocycles. The first kappa shape index (κ1) is 10.3. The van der Waals surface area contributed by atoms with Crippen LogP contribution in [0.15, 0.2) is 12.2 Å². The van der Waals surface area contributed by atoms with E-state index in [-0.39, 0.29) is 0 Å². The normalized spacial score (nSPS) is 25.5. The Bertz CT molecular complexity index is 222. The van der Waals surface area contributed by atoms with Crippen LogP contribution < -0.4 is 0 Å². The minimum absolute atomic E-state index is 0.305. The SMILES string of the molecule is C=C(C)CN(CC)C(=O)C1CC1C. The fraction of sp³-hybridized carbons (Fsp3) is 0.727. The van der Waals surface area contributed by atoms with Crippen LogP contribution in [0.3, 0.4) is 0 Å². The number of hydrogen-bond donors (Lipinski definition) is 0. The molecule has 0 aromatic heterocycles. The molecule has 1 fully saturated rings. The summed E-state index contributed by atoms with van der Waals surface area (Å²) in [5, 5.41) is 0. The van der Waals surface area contributed by atoms with Gasteiger partial charge < -0.3 is 4.90 Å². The molecule has 2 atom stereocenters. The maximum absolute atomic E-state index is 11.8. The lowest BCUT2D eigenvalue weighted by molar-refractivity contribution is -0.132. The zero-order chi connectivity index (χ0) is 10.0. The highest BCUT2D eigenvalue weighted by molar-refractivity contribution is 5.81. The van der Waals surface area contributed by atoms with E-state index in [1.54, 1.807) is 0 Å². The molecule has 2 heteroatoms. The van der Waals surface area contributed by atoms with Gasteiger partial charge in [-0.15, -0.1) is 0 Å². The molecule has 1 saturated carbocycles. The zero-order valence-corrected chi connectivity index (χ0v) is 8.84. The highest BCUT2D eigenvalue weighted by Crippen LogP contribution is 2.39. The largest absolute Gasteiger partial charge is 0.339 e. The fourth-order valence-electron chi connectivity index (χ4n) is 1.57. The lowest BCUT2D eigenvalue weighted by Crippen LogP contribution is -2.33. The predicted molar refractivity (Wildman–Crippen MR) is 54.3 cm³/mol. The van der Waals surface area contributed by atoms with Gasteiger partial charge in [0.15, 0.2) is 0 Å². The quantitative estimate of drug-likeness (QED) is 0.608. The van der Waals surface area contributed by atoms with E-state index in [0.717, 1.165) is 25.1 Å². The van der Waals surface area contributed by atoms with Crippen LogP contribution in [0.25, 0.3) is 0 Å². The third kappa shape index (κ3) is 2.58. The Balaban J connectivity index is 2.46. The first-order valence-corrected chi connectivity index (χ1v) is 4.99. The van der Waals surface area contributed by atoms with Gasteiger partial charge in [0.2, 0.25) is 5.91 Å². The third-order valence-corrected chi connectivity index (χ3v) is 2.58. The minimum Gasteiger partial charge on any atom is -0.339 e. The van der Waals surface area contributed by atoms with E-state index in [0.29, 0.717) is 17.7 Å². The van der Waals surface area contributed by atoms with Crippen molar-refractivity contribution in [2.24, 2.45) is 11.8 Å². The lowest BCUT2D eigenvalue weighted by Gasteiger charge is -2.20. The number of amides is 1. The van der Waals surface area contributed by atoms with Gasteiger partial charge in [0.1, 0.15) is 0 Å². The summed E-state index contributed by atoms with van der Waals surface area (Å²) in [6.07, 6.45) is 1.07. The summed E-state index contributed by atoms with van der Waals surface area (Å²) < 4.78 is 0. The molecule has 0 aliphatic heterocycles. The Morgan fingerprint density at radius 1 is 1.62 bits per heavy atom. The second-order valence-corrected chi connectivity index (χ2v) is 4.13. The summed E-state index contributed by atoms with van der Waals surface area (Å²) in [7, 11) is 0. The number of hydrogen-bond acceptors (Lipinski definition) is 1. The van der Waals surface area contributed by atoms with Gasteiger partial charge in [-0.25, -0.2) is 0 Å². The molecule has 0 radical (unpaired) electrons. The van der Waals surface area contributed by atoms with Crippen molar-refractivity contribution in [3.8, 4) is 0 Å². The molecule has 0 aromatic carbocycles. The first-order valence-electron chi connectivity index (χ1n) is 4.99. The zero-order valence-electron chi connectivity index (χ0n) is 8.84. The van der Waals surface area contributed by atoms with Gasteiger partial charge in [0.25, 0.3) is 0 Å². The Kier molecular flexibility index (Phi) is 3.12. The van der Waals surface area contributed by atoms with Crippen molar-refractivity contribution >= 4 is 5.91 Å². The van der Waals surface area contributed by atoms with Crippen LogP contribution in [-0.2, 0) is 4.79 Å². The first-order chi connectivity index (χ1) is 6.06. The Morgan fingerprint density at radius 3 is 2.46 bits per heavy atom. The molecule has 2 unspecified atom stereocenters. The molecule has 0 N–H and O–H groups in total. The summed E-state index contributed by atoms with van der Waals surface area (Å²) in [6, 6.07) is 0. The van der Waals surface area contributed by atoms with Crippen molar-refractivity contribution in [1.29, 1.82) is 0 Å². The topological polar surface area (TPSA) is 20.3 Å². The number of likely N-dealkylation sites (N-methyl/N-ethyl adjacent to an activating group) is 1. The van der Waals surface area contributed by atoms with Gasteiger partial charge >= 0.3 is 0 Å². The summed E-state index contributed by atoms with van der Waals surface area (Å²) in [4.78, 5) is 13.7. The standard InChI is InChI=1S/C11H19NO/c1-5-12(7-8(2)3)11(13)10-6-9(10)4/h9-10H,2,5-7H2,1,3-4H3. The second kappa shape index (κ2) is 3.95. The van der Waals surface area contributed by atoms with Crippen molar-refractivity contribution in [1.82, 2.24) is 4.90 Å². The fourth-order valence-corrected chi connectivity index (χ4v) is 1.57. The summed E-state index contributed by atoms with van der Waals surface area (Å²) in [5.74, 6) is 1.23. The average molecular weight is 181 g/mol. The smallest absolute Gasteiger partial charge is 0.226 e. The molecule has 2 nitrogen and oxygen atoms in total. The molecule has 0 spiro atoms. The number of nitrogens with zero attached hydrogens (tertiary/aromatic N) is 1. The monoisotopic (exact) mass is 181 g/mol. The molecular formula is C11H19NO. The van der Waals surface area contributed by atoms with E-state index in [1.165, 1.54) is 0 Å².